The quantitative estimate of drug-likeness (QED) is 0.720. The van der Waals surface area contributed by atoms with E-state index in [1.165, 1.54) is 0 Å². The molecule has 0 bridgehead atoms. The average molecular weight is 346 g/mol. The first-order valence-electron chi connectivity index (χ1n) is 7.86. The van der Waals surface area contributed by atoms with E-state index in [2.05, 4.69) is 10.3 Å². The topological polar surface area (TPSA) is 71.5 Å². The van der Waals surface area contributed by atoms with Gasteiger partial charge in [-0.3, -0.25) is 9.55 Å². The molecule has 0 aliphatic heterocycles. The zero-order valence-electron chi connectivity index (χ0n) is 14.1. The molecule has 128 valence electrons. The molecule has 0 aliphatic carbocycles. The summed E-state index contributed by atoms with van der Waals surface area (Å²) >= 11 is 0. The molecule has 1 aromatic heterocycles. The van der Waals surface area contributed by atoms with Crippen molar-refractivity contribution in [2.24, 2.45) is 0 Å². The van der Waals surface area contributed by atoms with Gasteiger partial charge in [0.15, 0.2) is 0 Å². The van der Waals surface area contributed by atoms with Crippen molar-refractivity contribution in [2.45, 2.75) is 26.6 Å². The minimum atomic E-state index is -3.65. The number of anilines is 1. The fourth-order valence-corrected chi connectivity index (χ4v) is 3.05. The molecule has 0 saturated heterocycles. The standard InChI is InChI=1S/C18H23N2O3P/c1-4-23-24(21,22)15(3)20-18-12-9-16(10-13-18)8-11-17-7-5-6-14(2)19-17/h5-13,15,20H,4H2,1-3H3,(H,21,22). The molecule has 2 rings (SSSR count). The van der Waals surface area contributed by atoms with E-state index in [1.54, 1.807) is 13.8 Å². The summed E-state index contributed by atoms with van der Waals surface area (Å²) in [6.07, 6.45) is 3.93. The van der Waals surface area contributed by atoms with E-state index in [-0.39, 0.29) is 6.61 Å². The first kappa shape index (κ1) is 18.4. The van der Waals surface area contributed by atoms with Gasteiger partial charge < -0.3 is 14.7 Å². The average Bonchev–Trinajstić information content (AvgIpc) is 2.54. The lowest BCUT2D eigenvalue weighted by Gasteiger charge is -2.20. The van der Waals surface area contributed by atoms with Crippen LogP contribution in [-0.4, -0.2) is 22.3 Å². The Kier molecular flexibility index (Phi) is 6.32. The number of nitrogens with one attached hydrogen (secondary N) is 1. The normalized spacial score (nSPS) is 15.2. The molecule has 2 unspecified atom stereocenters. The summed E-state index contributed by atoms with van der Waals surface area (Å²) in [6, 6.07) is 13.5. The third kappa shape index (κ3) is 5.31. The number of nitrogens with zero attached hydrogens (tertiary/aromatic N) is 1. The van der Waals surface area contributed by atoms with E-state index >= 15 is 0 Å². The Balaban J connectivity index is 2.01. The highest BCUT2D eigenvalue weighted by Gasteiger charge is 2.27. The van der Waals surface area contributed by atoms with Gasteiger partial charge in [0.25, 0.3) is 0 Å². The Hall–Kier alpha value is -1.94. The highest BCUT2D eigenvalue weighted by atomic mass is 31.2. The Bertz CT molecular complexity index is 744. The summed E-state index contributed by atoms with van der Waals surface area (Å²) in [6.45, 7) is 5.49. The molecule has 0 fully saturated rings. The lowest BCUT2D eigenvalue weighted by atomic mass is 10.1. The van der Waals surface area contributed by atoms with Crippen LogP contribution in [0.5, 0.6) is 0 Å². The van der Waals surface area contributed by atoms with Gasteiger partial charge in [0.1, 0.15) is 5.78 Å². The van der Waals surface area contributed by atoms with Crippen LogP contribution in [0.4, 0.5) is 5.69 Å². The van der Waals surface area contributed by atoms with E-state index < -0.39 is 13.4 Å². The van der Waals surface area contributed by atoms with Gasteiger partial charge in [0, 0.05) is 11.4 Å². The number of aryl methyl sites for hydroxylation is 1. The molecule has 1 aromatic carbocycles. The van der Waals surface area contributed by atoms with Gasteiger partial charge >= 0.3 is 7.60 Å². The zero-order valence-corrected chi connectivity index (χ0v) is 15.0. The first-order valence-corrected chi connectivity index (χ1v) is 9.51. The fourth-order valence-electron chi connectivity index (χ4n) is 2.15. The van der Waals surface area contributed by atoms with Gasteiger partial charge in [-0.1, -0.05) is 24.3 Å². The minimum Gasteiger partial charge on any atom is -0.372 e. The maximum Gasteiger partial charge on any atom is 0.349 e. The van der Waals surface area contributed by atoms with Gasteiger partial charge in [-0.25, -0.2) is 0 Å². The number of rotatable bonds is 7. The van der Waals surface area contributed by atoms with Gasteiger partial charge in [-0.05, 0) is 56.7 Å². The molecule has 2 aromatic rings. The maximum atomic E-state index is 11.9. The van der Waals surface area contributed by atoms with E-state index in [9.17, 15) is 9.46 Å². The largest absolute Gasteiger partial charge is 0.372 e. The molecule has 0 saturated carbocycles. The molecule has 0 radical (unpaired) electrons. The fraction of sp³-hybridized carbons (Fsp3) is 0.278. The summed E-state index contributed by atoms with van der Waals surface area (Å²) in [5.41, 5.74) is 3.67. The Morgan fingerprint density at radius 3 is 2.58 bits per heavy atom. The molecular formula is C18H23N2O3P. The van der Waals surface area contributed by atoms with Crippen molar-refractivity contribution in [3.63, 3.8) is 0 Å². The molecule has 0 spiro atoms. The van der Waals surface area contributed by atoms with Crippen LogP contribution >= 0.6 is 7.60 Å². The van der Waals surface area contributed by atoms with Crippen LogP contribution in [0, 0.1) is 6.92 Å². The lowest BCUT2D eigenvalue weighted by molar-refractivity contribution is 0.268. The number of benzene rings is 1. The molecule has 2 atom stereocenters. The smallest absolute Gasteiger partial charge is 0.349 e. The Morgan fingerprint density at radius 1 is 1.25 bits per heavy atom. The lowest BCUT2D eigenvalue weighted by Crippen LogP contribution is -2.16. The van der Waals surface area contributed by atoms with E-state index in [1.807, 2.05) is 61.5 Å². The molecule has 0 aliphatic rings. The Morgan fingerprint density at radius 2 is 1.96 bits per heavy atom. The molecule has 0 amide bonds. The van der Waals surface area contributed by atoms with Crippen molar-refractivity contribution in [1.29, 1.82) is 0 Å². The van der Waals surface area contributed by atoms with Crippen molar-refractivity contribution in [3.8, 4) is 0 Å². The number of hydrogen-bond donors (Lipinski definition) is 2. The predicted molar refractivity (Wildman–Crippen MR) is 98.9 cm³/mol. The summed E-state index contributed by atoms with van der Waals surface area (Å²) in [7, 11) is -3.65. The van der Waals surface area contributed by atoms with Gasteiger partial charge in [0.2, 0.25) is 0 Å². The maximum absolute atomic E-state index is 11.9. The molecule has 24 heavy (non-hydrogen) atoms. The van der Waals surface area contributed by atoms with Crippen LogP contribution in [-0.2, 0) is 9.09 Å². The van der Waals surface area contributed by atoms with Crippen molar-refractivity contribution in [3.05, 3.63) is 59.4 Å². The number of pyridine rings is 1. The van der Waals surface area contributed by atoms with E-state index in [4.69, 9.17) is 4.52 Å². The SMILES string of the molecule is CCOP(=O)(O)C(C)Nc1ccc(C=Cc2cccc(C)n2)cc1. The van der Waals surface area contributed by atoms with Crippen molar-refractivity contribution in [1.82, 2.24) is 4.98 Å². The van der Waals surface area contributed by atoms with Crippen molar-refractivity contribution >= 4 is 25.4 Å². The highest BCUT2D eigenvalue weighted by molar-refractivity contribution is 7.53. The van der Waals surface area contributed by atoms with Crippen LogP contribution < -0.4 is 5.32 Å². The molecule has 5 nitrogen and oxygen atoms in total. The first-order chi connectivity index (χ1) is 11.4. The van der Waals surface area contributed by atoms with Gasteiger partial charge in [-0.2, -0.15) is 0 Å². The second kappa shape index (κ2) is 8.25. The summed E-state index contributed by atoms with van der Waals surface area (Å²) in [5, 5.41) is 3.00. The zero-order chi connectivity index (χ0) is 17.6. The van der Waals surface area contributed by atoms with E-state index in [0.29, 0.717) is 0 Å². The summed E-state index contributed by atoms with van der Waals surface area (Å²) in [4.78, 5) is 14.2. The monoisotopic (exact) mass is 346 g/mol. The van der Waals surface area contributed by atoms with Crippen LogP contribution in [0.15, 0.2) is 42.5 Å². The second-order valence-corrected chi connectivity index (χ2v) is 7.62. The van der Waals surface area contributed by atoms with Crippen molar-refractivity contribution < 1.29 is 14.0 Å². The van der Waals surface area contributed by atoms with Crippen LogP contribution in [0.25, 0.3) is 12.2 Å². The third-order valence-electron chi connectivity index (χ3n) is 3.45. The second-order valence-electron chi connectivity index (χ2n) is 5.46. The van der Waals surface area contributed by atoms with Crippen molar-refractivity contribution in [2.75, 3.05) is 11.9 Å². The minimum absolute atomic E-state index is 0.205. The highest BCUT2D eigenvalue weighted by Crippen LogP contribution is 2.47. The predicted octanol–water partition coefficient (Wildman–Crippen LogP) is 4.54. The number of hydrogen-bond acceptors (Lipinski definition) is 4. The summed E-state index contributed by atoms with van der Waals surface area (Å²) < 4.78 is 16.8. The molecule has 2 N–H and O–H groups in total. The summed E-state index contributed by atoms with van der Waals surface area (Å²) in [5.74, 6) is -0.671. The van der Waals surface area contributed by atoms with E-state index in [0.717, 1.165) is 22.6 Å². The molecule has 6 heteroatoms. The molecular weight excluding hydrogens is 323 g/mol. The van der Waals surface area contributed by atoms with Crippen LogP contribution in [0.2, 0.25) is 0 Å². The number of aromatic nitrogens is 1. The Labute approximate surface area is 142 Å². The van der Waals surface area contributed by atoms with Gasteiger partial charge in [-0.15, -0.1) is 0 Å². The van der Waals surface area contributed by atoms with Gasteiger partial charge in [0.05, 0.1) is 12.3 Å². The molecule has 1 heterocycles. The van der Waals surface area contributed by atoms with Crippen LogP contribution in [0.1, 0.15) is 30.8 Å². The third-order valence-corrected chi connectivity index (χ3v) is 5.18. The van der Waals surface area contributed by atoms with Crippen LogP contribution in [0.3, 0.4) is 0 Å².